The van der Waals surface area contributed by atoms with Crippen molar-refractivity contribution < 1.29 is 14.1 Å². The number of carbonyl (C=O) groups is 1. The predicted molar refractivity (Wildman–Crippen MR) is 98.6 cm³/mol. The van der Waals surface area contributed by atoms with Gasteiger partial charge in [-0.3, -0.25) is 4.79 Å². The van der Waals surface area contributed by atoms with E-state index in [1.807, 2.05) is 38.1 Å². The van der Waals surface area contributed by atoms with E-state index in [9.17, 15) is 4.79 Å². The Morgan fingerprint density at radius 2 is 1.96 bits per heavy atom. The fourth-order valence-corrected chi connectivity index (χ4v) is 3.25. The lowest BCUT2D eigenvalue weighted by molar-refractivity contribution is 0.0924. The maximum Gasteiger partial charge on any atom is 0.273 e. The average molecular weight is 364 g/mol. The fourth-order valence-electron chi connectivity index (χ4n) is 3.25. The van der Waals surface area contributed by atoms with E-state index in [4.69, 9.17) is 9.26 Å². The molecule has 1 aromatic carbocycles. The zero-order valence-electron chi connectivity index (χ0n) is 15.4. The molecule has 138 valence electrons. The van der Waals surface area contributed by atoms with Gasteiger partial charge in [-0.25, -0.2) is 9.97 Å². The summed E-state index contributed by atoms with van der Waals surface area (Å²) in [6.07, 6.45) is 0.565. The number of para-hydroxylation sites is 1. The van der Waals surface area contributed by atoms with Gasteiger partial charge in [-0.05, 0) is 38.5 Å². The van der Waals surface area contributed by atoms with Gasteiger partial charge in [0.05, 0.1) is 12.1 Å². The van der Waals surface area contributed by atoms with E-state index in [0.717, 1.165) is 28.3 Å². The van der Waals surface area contributed by atoms with Gasteiger partial charge >= 0.3 is 0 Å². The van der Waals surface area contributed by atoms with Crippen molar-refractivity contribution in [2.45, 2.75) is 33.3 Å². The molecule has 1 N–H and O–H groups in total. The highest BCUT2D eigenvalue weighted by molar-refractivity contribution is 5.92. The second-order valence-electron chi connectivity index (χ2n) is 6.74. The van der Waals surface area contributed by atoms with Crippen molar-refractivity contribution in [3.63, 3.8) is 0 Å². The van der Waals surface area contributed by atoms with Crippen LogP contribution in [-0.4, -0.2) is 33.7 Å². The first-order chi connectivity index (χ1) is 13.0. The minimum absolute atomic E-state index is 0.149. The normalized spacial score (nSPS) is 15.3. The van der Waals surface area contributed by atoms with Crippen molar-refractivity contribution in [1.82, 2.24) is 20.4 Å². The van der Waals surface area contributed by atoms with Gasteiger partial charge in [0, 0.05) is 23.9 Å². The van der Waals surface area contributed by atoms with Gasteiger partial charge in [-0.1, -0.05) is 17.3 Å². The summed E-state index contributed by atoms with van der Waals surface area (Å²) in [5, 5.41) is 6.58. The summed E-state index contributed by atoms with van der Waals surface area (Å²) in [6, 6.07) is 9.53. The first-order valence-electron chi connectivity index (χ1n) is 8.82. The zero-order valence-corrected chi connectivity index (χ0v) is 15.4. The topological polar surface area (TPSA) is 90.1 Å². The number of nitrogens with one attached hydrogen (secondary N) is 1. The van der Waals surface area contributed by atoms with E-state index < -0.39 is 0 Å². The molecule has 0 saturated carbocycles. The largest absolute Gasteiger partial charge is 0.487 e. The van der Waals surface area contributed by atoms with Crippen LogP contribution in [0.1, 0.15) is 33.2 Å². The number of hydrogen-bond donors (Lipinski definition) is 1. The zero-order chi connectivity index (χ0) is 19.0. The average Bonchev–Trinajstić information content (AvgIpc) is 3.24. The van der Waals surface area contributed by atoms with E-state index in [1.165, 1.54) is 0 Å². The molecule has 2 aromatic heterocycles. The third-order valence-corrected chi connectivity index (χ3v) is 4.40. The Balaban J connectivity index is 1.49. The van der Waals surface area contributed by atoms with Crippen LogP contribution in [0, 0.1) is 20.8 Å². The van der Waals surface area contributed by atoms with Crippen molar-refractivity contribution >= 4 is 5.91 Å². The Morgan fingerprint density at radius 3 is 2.67 bits per heavy atom. The molecule has 0 saturated heterocycles. The summed E-state index contributed by atoms with van der Waals surface area (Å²) < 4.78 is 11.1. The number of nitrogens with zero attached hydrogens (tertiary/aromatic N) is 3. The first kappa shape index (κ1) is 17.2. The van der Waals surface area contributed by atoms with Gasteiger partial charge in [-0.15, -0.1) is 0 Å². The monoisotopic (exact) mass is 364 g/mol. The second-order valence-corrected chi connectivity index (χ2v) is 6.74. The van der Waals surface area contributed by atoms with Crippen LogP contribution in [0.4, 0.5) is 0 Å². The van der Waals surface area contributed by atoms with E-state index in [2.05, 4.69) is 20.4 Å². The van der Waals surface area contributed by atoms with Gasteiger partial charge in [0.1, 0.15) is 17.6 Å². The standard InChI is InChI=1S/C20H20N4O3/c1-11-7-12(2)23-19(22-11)16-6-4-5-14-9-15(26-18(14)16)10-21-20(25)17-8-13(3)27-24-17/h4-8,15H,9-10H2,1-3H3,(H,21,25). The number of fused-ring (bicyclic) bond motifs is 1. The molecule has 7 nitrogen and oxygen atoms in total. The highest BCUT2D eigenvalue weighted by Gasteiger charge is 2.27. The summed E-state index contributed by atoms with van der Waals surface area (Å²) in [6.45, 7) is 6.03. The molecular formula is C20H20N4O3. The number of aryl methyl sites for hydroxylation is 3. The molecule has 27 heavy (non-hydrogen) atoms. The summed E-state index contributed by atoms with van der Waals surface area (Å²) >= 11 is 0. The Morgan fingerprint density at radius 1 is 1.19 bits per heavy atom. The summed E-state index contributed by atoms with van der Waals surface area (Å²) in [5.74, 6) is 1.78. The fraction of sp³-hybridized carbons (Fsp3) is 0.300. The number of benzene rings is 1. The van der Waals surface area contributed by atoms with Crippen LogP contribution < -0.4 is 10.1 Å². The SMILES string of the molecule is Cc1cc(C)nc(-c2cccc3c2OC(CNC(=O)c2cc(C)on2)C3)n1. The summed E-state index contributed by atoms with van der Waals surface area (Å²) in [5.41, 5.74) is 4.07. The molecule has 7 heteroatoms. The Labute approximate surface area is 156 Å². The Kier molecular flexibility index (Phi) is 4.35. The number of amides is 1. The Hall–Kier alpha value is -3.22. The maximum absolute atomic E-state index is 12.1. The maximum atomic E-state index is 12.1. The number of aromatic nitrogens is 3. The Bertz CT molecular complexity index is 992. The van der Waals surface area contributed by atoms with Gasteiger partial charge < -0.3 is 14.6 Å². The number of rotatable bonds is 4. The molecule has 4 rings (SSSR count). The van der Waals surface area contributed by atoms with Gasteiger partial charge in [0.25, 0.3) is 5.91 Å². The van der Waals surface area contributed by atoms with Crippen LogP contribution in [0.3, 0.4) is 0 Å². The number of carbonyl (C=O) groups excluding carboxylic acids is 1. The molecule has 1 aliphatic heterocycles. The lowest BCUT2D eigenvalue weighted by atomic mass is 10.1. The smallest absolute Gasteiger partial charge is 0.273 e. The predicted octanol–water partition coefficient (Wildman–Crippen LogP) is 2.79. The van der Waals surface area contributed by atoms with E-state index >= 15 is 0 Å². The molecule has 0 fully saturated rings. The van der Waals surface area contributed by atoms with E-state index in [1.54, 1.807) is 13.0 Å². The molecule has 1 atom stereocenters. The molecule has 0 bridgehead atoms. The van der Waals surface area contributed by atoms with Crippen molar-refractivity contribution in [3.05, 3.63) is 58.7 Å². The quantitative estimate of drug-likeness (QED) is 0.766. The highest BCUT2D eigenvalue weighted by atomic mass is 16.5. The number of ether oxygens (including phenoxy) is 1. The molecular weight excluding hydrogens is 344 g/mol. The summed E-state index contributed by atoms with van der Waals surface area (Å²) in [7, 11) is 0. The first-order valence-corrected chi connectivity index (χ1v) is 8.82. The lowest BCUT2D eigenvalue weighted by Crippen LogP contribution is -2.34. The van der Waals surface area contributed by atoms with Crippen molar-refractivity contribution in [2.24, 2.45) is 0 Å². The third kappa shape index (κ3) is 3.53. The van der Waals surface area contributed by atoms with Crippen LogP contribution in [0.25, 0.3) is 11.4 Å². The lowest BCUT2D eigenvalue weighted by Gasteiger charge is -2.13. The van der Waals surface area contributed by atoms with Crippen LogP contribution in [0.5, 0.6) is 5.75 Å². The molecule has 3 aromatic rings. The molecule has 0 radical (unpaired) electrons. The molecule has 3 heterocycles. The van der Waals surface area contributed by atoms with Crippen molar-refractivity contribution in [1.29, 1.82) is 0 Å². The van der Waals surface area contributed by atoms with Crippen LogP contribution in [0.2, 0.25) is 0 Å². The van der Waals surface area contributed by atoms with E-state index in [-0.39, 0.29) is 17.7 Å². The third-order valence-electron chi connectivity index (χ3n) is 4.40. The van der Waals surface area contributed by atoms with Crippen molar-refractivity contribution in [2.75, 3.05) is 6.54 Å². The molecule has 0 spiro atoms. The van der Waals surface area contributed by atoms with Crippen LogP contribution >= 0.6 is 0 Å². The van der Waals surface area contributed by atoms with Gasteiger partial charge in [0.2, 0.25) is 0 Å². The van der Waals surface area contributed by atoms with Crippen LogP contribution in [-0.2, 0) is 6.42 Å². The molecule has 1 unspecified atom stereocenters. The second kappa shape index (κ2) is 6.83. The van der Waals surface area contributed by atoms with E-state index in [0.29, 0.717) is 24.6 Å². The molecule has 1 aliphatic rings. The minimum Gasteiger partial charge on any atom is -0.487 e. The molecule has 0 aliphatic carbocycles. The number of hydrogen-bond acceptors (Lipinski definition) is 6. The van der Waals surface area contributed by atoms with Gasteiger partial charge in [0.15, 0.2) is 11.5 Å². The summed E-state index contributed by atoms with van der Waals surface area (Å²) in [4.78, 5) is 21.2. The van der Waals surface area contributed by atoms with Gasteiger partial charge in [-0.2, -0.15) is 0 Å². The minimum atomic E-state index is -0.274. The van der Waals surface area contributed by atoms with Crippen molar-refractivity contribution in [3.8, 4) is 17.1 Å². The van der Waals surface area contributed by atoms with Crippen LogP contribution in [0.15, 0.2) is 34.9 Å². The molecule has 1 amide bonds. The highest BCUT2D eigenvalue weighted by Crippen LogP contribution is 2.37.